The van der Waals surface area contributed by atoms with Crippen molar-refractivity contribution in [2.45, 2.75) is 55.6 Å². The molecule has 5 rings (SSSR count). The van der Waals surface area contributed by atoms with E-state index >= 15 is 0 Å². The SMILES string of the molecule is CN(C[C@@H](CCN1CCC(N(CC2CC2)C(=O)OCc2ccccc2)CC1)c1ccsc1)S(=O)(=O)c1ccccc1. The van der Waals surface area contributed by atoms with Crippen molar-refractivity contribution in [1.29, 1.82) is 0 Å². The Bertz CT molecular complexity index is 1320. The fraction of sp³-hybridized carbons (Fsp3) is 0.469. The first-order valence-corrected chi connectivity index (χ1v) is 17.0. The van der Waals surface area contributed by atoms with Gasteiger partial charge in [0, 0.05) is 39.3 Å². The van der Waals surface area contributed by atoms with E-state index in [4.69, 9.17) is 4.74 Å². The number of ether oxygens (including phenoxy) is 1. The number of likely N-dealkylation sites (tertiary alicyclic amines) is 1. The summed E-state index contributed by atoms with van der Waals surface area (Å²) < 4.78 is 33.6. The molecule has 1 aliphatic carbocycles. The van der Waals surface area contributed by atoms with Crippen molar-refractivity contribution in [2.24, 2.45) is 5.92 Å². The third-order valence-electron chi connectivity index (χ3n) is 8.33. The third kappa shape index (κ3) is 8.19. The Hall–Kier alpha value is -2.72. The Morgan fingerprint density at radius 3 is 2.32 bits per heavy atom. The number of amides is 1. The number of piperidine rings is 1. The third-order valence-corrected chi connectivity index (χ3v) is 10.9. The van der Waals surface area contributed by atoms with Crippen LogP contribution in [0.15, 0.2) is 82.4 Å². The highest BCUT2D eigenvalue weighted by Crippen LogP contribution is 2.32. The molecule has 7 nitrogen and oxygen atoms in total. The molecule has 1 atom stereocenters. The lowest BCUT2D eigenvalue weighted by Crippen LogP contribution is -2.48. The first-order valence-electron chi connectivity index (χ1n) is 14.6. The van der Waals surface area contributed by atoms with Gasteiger partial charge in [0.15, 0.2) is 0 Å². The highest BCUT2D eigenvalue weighted by atomic mass is 32.2. The van der Waals surface area contributed by atoms with Crippen molar-refractivity contribution >= 4 is 27.5 Å². The Morgan fingerprint density at radius 2 is 1.68 bits per heavy atom. The highest BCUT2D eigenvalue weighted by Gasteiger charge is 2.34. The molecule has 1 aliphatic heterocycles. The van der Waals surface area contributed by atoms with E-state index in [0.29, 0.717) is 24.0 Å². The van der Waals surface area contributed by atoms with E-state index in [9.17, 15) is 13.2 Å². The molecule has 0 unspecified atom stereocenters. The van der Waals surface area contributed by atoms with Crippen molar-refractivity contribution < 1.29 is 17.9 Å². The van der Waals surface area contributed by atoms with E-state index in [2.05, 4.69) is 21.7 Å². The van der Waals surface area contributed by atoms with E-state index in [1.165, 1.54) is 22.7 Å². The number of hydrogen-bond acceptors (Lipinski definition) is 6. The Kier molecular flexibility index (Phi) is 10.1. The predicted molar refractivity (Wildman–Crippen MR) is 163 cm³/mol. The fourth-order valence-electron chi connectivity index (χ4n) is 5.60. The lowest BCUT2D eigenvalue weighted by atomic mass is 9.97. The first-order chi connectivity index (χ1) is 19.9. The van der Waals surface area contributed by atoms with Crippen LogP contribution in [-0.2, 0) is 21.4 Å². The topological polar surface area (TPSA) is 70.2 Å². The second-order valence-corrected chi connectivity index (χ2v) is 14.2. The van der Waals surface area contributed by atoms with Crippen LogP contribution in [0.3, 0.4) is 0 Å². The Balaban J connectivity index is 1.15. The standard InChI is InChI=1S/C32H41N3O4S2/c1-33(41(37,38)31-10-6-3-7-11-31)23-28(29-17-21-40-25-29)14-18-34-19-15-30(16-20-34)35(22-26-12-13-26)32(36)39-24-27-8-4-2-5-9-27/h2-11,17,21,25-26,28,30H,12-16,18-20,22-24H2,1H3/t28-/m1/s1. The van der Waals surface area contributed by atoms with Crippen LogP contribution in [0.1, 0.15) is 49.1 Å². The second-order valence-electron chi connectivity index (χ2n) is 11.3. The van der Waals surface area contributed by atoms with E-state index in [1.807, 2.05) is 41.3 Å². The van der Waals surface area contributed by atoms with Gasteiger partial charge in [0.25, 0.3) is 0 Å². The van der Waals surface area contributed by atoms with E-state index in [-0.39, 0.29) is 18.1 Å². The molecular formula is C32H41N3O4S2. The van der Waals surface area contributed by atoms with Gasteiger partial charge in [-0.15, -0.1) is 0 Å². The normalized spacial score (nSPS) is 17.4. The zero-order chi connectivity index (χ0) is 28.7. The van der Waals surface area contributed by atoms with Crippen molar-refractivity contribution in [1.82, 2.24) is 14.1 Å². The smallest absolute Gasteiger partial charge is 0.410 e. The van der Waals surface area contributed by atoms with Crippen LogP contribution in [0.5, 0.6) is 0 Å². The number of nitrogens with zero attached hydrogens (tertiary/aromatic N) is 3. The molecular weight excluding hydrogens is 555 g/mol. The van der Waals surface area contributed by atoms with Crippen LogP contribution in [0.4, 0.5) is 4.79 Å². The maximum Gasteiger partial charge on any atom is 0.410 e. The average molecular weight is 596 g/mol. The lowest BCUT2D eigenvalue weighted by molar-refractivity contribution is 0.0580. The van der Waals surface area contributed by atoms with Crippen LogP contribution in [0, 0.1) is 5.92 Å². The zero-order valence-corrected chi connectivity index (χ0v) is 25.4. The summed E-state index contributed by atoms with van der Waals surface area (Å²) in [6, 6.07) is 20.8. The number of sulfonamides is 1. The van der Waals surface area contributed by atoms with Gasteiger partial charge >= 0.3 is 6.09 Å². The summed E-state index contributed by atoms with van der Waals surface area (Å²) in [5.41, 5.74) is 2.20. The van der Waals surface area contributed by atoms with E-state index in [1.54, 1.807) is 42.6 Å². The van der Waals surface area contributed by atoms with Gasteiger partial charge in [0.1, 0.15) is 6.61 Å². The highest BCUT2D eigenvalue weighted by molar-refractivity contribution is 7.89. The summed E-state index contributed by atoms with van der Waals surface area (Å²) in [6.07, 6.45) is 4.93. The Labute approximate surface area is 248 Å². The molecule has 0 bridgehead atoms. The number of likely N-dealkylation sites (N-methyl/N-ethyl adjacent to an activating group) is 1. The van der Waals surface area contributed by atoms with Crippen LogP contribution in [0.25, 0.3) is 0 Å². The molecule has 1 amide bonds. The zero-order valence-electron chi connectivity index (χ0n) is 23.8. The molecule has 3 aromatic rings. The second kappa shape index (κ2) is 14.0. The molecule has 220 valence electrons. The van der Waals surface area contributed by atoms with E-state index in [0.717, 1.165) is 51.0 Å². The summed E-state index contributed by atoms with van der Waals surface area (Å²) in [5.74, 6) is 0.717. The van der Waals surface area contributed by atoms with Crippen LogP contribution in [-0.4, -0.2) is 74.4 Å². The largest absolute Gasteiger partial charge is 0.445 e. The molecule has 2 aliphatic rings. The van der Waals surface area contributed by atoms with Crippen molar-refractivity contribution in [3.8, 4) is 0 Å². The molecule has 2 fully saturated rings. The summed E-state index contributed by atoms with van der Waals surface area (Å²) >= 11 is 1.65. The number of benzene rings is 2. The molecule has 41 heavy (non-hydrogen) atoms. The number of carbonyl (C=O) groups is 1. The number of thiophene rings is 1. The number of carbonyl (C=O) groups excluding carboxylic acids is 1. The summed E-state index contributed by atoms with van der Waals surface area (Å²) in [5, 5.41) is 4.20. The van der Waals surface area contributed by atoms with Gasteiger partial charge in [-0.05, 0) is 90.6 Å². The predicted octanol–water partition coefficient (Wildman–Crippen LogP) is 6.06. The molecule has 1 saturated heterocycles. The fourth-order valence-corrected chi connectivity index (χ4v) is 7.58. The molecule has 1 aromatic heterocycles. The van der Waals surface area contributed by atoms with Gasteiger partial charge < -0.3 is 14.5 Å². The average Bonchev–Trinajstić information content (AvgIpc) is 3.67. The van der Waals surface area contributed by atoms with Gasteiger partial charge in [-0.25, -0.2) is 17.5 Å². The van der Waals surface area contributed by atoms with Crippen LogP contribution < -0.4 is 0 Å². The van der Waals surface area contributed by atoms with Crippen molar-refractivity contribution in [3.05, 3.63) is 88.6 Å². The molecule has 0 spiro atoms. The molecule has 1 saturated carbocycles. The minimum atomic E-state index is -3.55. The summed E-state index contributed by atoms with van der Waals surface area (Å²) in [7, 11) is -1.87. The van der Waals surface area contributed by atoms with Gasteiger partial charge in [-0.2, -0.15) is 11.3 Å². The van der Waals surface area contributed by atoms with Gasteiger partial charge in [0.05, 0.1) is 4.90 Å². The minimum Gasteiger partial charge on any atom is -0.445 e. The number of hydrogen-bond donors (Lipinski definition) is 0. The summed E-state index contributed by atoms with van der Waals surface area (Å²) in [4.78, 5) is 17.9. The molecule has 2 aromatic carbocycles. The van der Waals surface area contributed by atoms with Crippen molar-refractivity contribution in [2.75, 3.05) is 39.8 Å². The lowest BCUT2D eigenvalue weighted by Gasteiger charge is -2.38. The molecule has 0 N–H and O–H groups in total. The van der Waals surface area contributed by atoms with Gasteiger partial charge in [0.2, 0.25) is 10.0 Å². The van der Waals surface area contributed by atoms with Gasteiger partial charge in [-0.1, -0.05) is 48.5 Å². The summed E-state index contributed by atoms with van der Waals surface area (Å²) in [6.45, 7) is 4.28. The van der Waals surface area contributed by atoms with Crippen LogP contribution in [0.2, 0.25) is 0 Å². The monoisotopic (exact) mass is 595 g/mol. The maximum atomic E-state index is 13.2. The Morgan fingerprint density at radius 1 is 1.00 bits per heavy atom. The number of rotatable bonds is 13. The van der Waals surface area contributed by atoms with Crippen molar-refractivity contribution in [3.63, 3.8) is 0 Å². The quantitative estimate of drug-likeness (QED) is 0.240. The first kappa shape index (κ1) is 29.8. The molecule has 2 heterocycles. The molecule has 0 radical (unpaired) electrons. The van der Waals surface area contributed by atoms with Gasteiger partial charge in [-0.3, -0.25) is 0 Å². The van der Waals surface area contributed by atoms with E-state index < -0.39 is 10.0 Å². The maximum absolute atomic E-state index is 13.2. The van der Waals surface area contributed by atoms with Crippen LogP contribution >= 0.6 is 11.3 Å². The molecule has 9 heteroatoms. The minimum absolute atomic E-state index is 0.113.